The molecule has 3 heterocycles. The number of aromatic nitrogens is 2. The van der Waals surface area contributed by atoms with Crippen LogP contribution in [0.25, 0.3) is 0 Å². The molecular weight excluding hydrogens is 400 g/mol. The Kier molecular flexibility index (Phi) is 6.19. The molecule has 1 aromatic carbocycles. The van der Waals surface area contributed by atoms with E-state index in [1.54, 1.807) is 7.11 Å². The number of ether oxygens (including phenoxy) is 1. The number of hydrogen-bond donors (Lipinski definition) is 0. The van der Waals surface area contributed by atoms with Gasteiger partial charge in [0.05, 0.1) is 24.0 Å². The van der Waals surface area contributed by atoms with Crippen molar-refractivity contribution < 1.29 is 9.53 Å². The Hall–Kier alpha value is -1.89. The van der Waals surface area contributed by atoms with Crippen LogP contribution in [0.2, 0.25) is 5.02 Å². The highest BCUT2D eigenvalue weighted by atomic mass is 35.5. The standard InChI is InChI=1S/C23H31ClN4O2/c1-17(2)28-14-21(25-16-28)20-13-26(12-18-4-6-19(24)7-5-18)15-23(20)8-9-27(22(23)29)10-11-30-3/h4-7,14,16-17,20H,8-13,15H2,1-3H3/t20-,23+/m1/s1. The van der Waals surface area contributed by atoms with Crippen LogP contribution >= 0.6 is 11.6 Å². The third kappa shape index (κ3) is 4.01. The zero-order valence-electron chi connectivity index (χ0n) is 18.1. The summed E-state index contributed by atoms with van der Waals surface area (Å²) >= 11 is 6.05. The molecule has 2 aliphatic heterocycles. The molecule has 2 fully saturated rings. The van der Waals surface area contributed by atoms with Gasteiger partial charge < -0.3 is 14.2 Å². The molecule has 0 radical (unpaired) electrons. The van der Waals surface area contributed by atoms with Crippen molar-refractivity contribution in [2.45, 2.75) is 38.8 Å². The lowest BCUT2D eigenvalue weighted by molar-refractivity contribution is -0.136. The Labute approximate surface area is 183 Å². The fourth-order valence-corrected chi connectivity index (χ4v) is 5.04. The first-order valence-corrected chi connectivity index (χ1v) is 11.1. The molecule has 2 saturated heterocycles. The fourth-order valence-electron chi connectivity index (χ4n) is 4.91. The minimum atomic E-state index is -0.406. The van der Waals surface area contributed by atoms with Gasteiger partial charge in [-0.1, -0.05) is 23.7 Å². The third-order valence-corrected chi connectivity index (χ3v) is 6.87. The lowest BCUT2D eigenvalue weighted by atomic mass is 9.75. The van der Waals surface area contributed by atoms with Crippen molar-refractivity contribution in [2.24, 2.45) is 5.41 Å². The van der Waals surface area contributed by atoms with Crippen molar-refractivity contribution >= 4 is 17.5 Å². The molecule has 0 aliphatic carbocycles. The third-order valence-electron chi connectivity index (χ3n) is 6.61. The molecule has 1 aromatic heterocycles. The number of amides is 1. The number of likely N-dealkylation sites (tertiary alicyclic amines) is 2. The van der Waals surface area contributed by atoms with Crippen LogP contribution in [0.1, 0.15) is 43.5 Å². The number of nitrogens with zero attached hydrogens (tertiary/aromatic N) is 4. The predicted octanol–water partition coefficient (Wildman–Crippen LogP) is 3.58. The molecule has 0 bridgehead atoms. The molecule has 0 saturated carbocycles. The topological polar surface area (TPSA) is 50.6 Å². The van der Waals surface area contributed by atoms with Crippen LogP contribution in [0.15, 0.2) is 36.8 Å². The van der Waals surface area contributed by atoms with Gasteiger partial charge >= 0.3 is 0 Å². The fraction of sp³-hybridized carbons (Fsp3) is 0.565. The SMILES string of the molecule is COCCN1CC[C@@]2(CN(Cc3ccc(Cl)cc3)C[C@@H]2c2cn(C(C)C)cn2)C1=O. The Morgan fingerprint density at radius 2 is 2.07 bits per heavy atom. The van der Waals surface area contributed by atoms with Gasteiger partial charge in [0.15, 0.2) is 0 Å². The number of methoxy groups -OCH3 is 1. The average Bonchev–Trinajstić information content (AvgIpc) is 3.42. The smallest absolute Gasteiger partial charge is 0.230 e. The summed E-state index contributed by atoms with van der Waals surface area (Å²) < 4.78 is 7.36. The molecule has 1 amide bonds. The molecule has 6 nitrogen and oxygen atoms in total. The first-order chi connectivity index (χ1) is 14.4. The molecule has 30 heavy (non-hydrogen) atoms. The quantitative estimate of drug-likeness (QED) is 0.673. The molecule has 4 rings (SSSR count). The van der Waals surface area contributed by atoms with Crippen molar-refractivity contribution in [3.63, 3.8) is 0 Å². The zero-order valence-corrected chi connectivity index (χ0v) is 18.8. The van der Waals surface area contributed by atoms with E-state index in [-0.39, 0.29) is 11.8 Å². The van der Waals surface area contributed by atoms with Crippen LogP contribution in [-0.4, -0.2) is 65.2 Å². The lowest BCUT2D eigenvalue weighted by Gasteiger charge is -2.28. The van der Waals surface area contributed by atoms with E-state index < -0.39 is 5.41 Å². The van der Waals surface area contributed by atoms with E-state index in [1.165, 1.54) is 5.56 Å². The Morgan fingerprint density at radius 1 is 1.30 bits per heavy atom. The van der Waals surface area contributed by atoms with Gasteiger partial charge in [-0.05, 0) is 38.0 Å². The van der Waals surface area contributed by atoms with Gasteiger partial charge in [0.25, 0.3) is 0 Å². The van der Waals surface area contributed by atoms with E-state index in [4.69, 9.17) is 21.3 Å². The van der Waals surface area contributed by atoms with E-state index in [9.17, 15) is 4.79 Å². The van der Waals surface area contributed by atoms with Crippen LogP contribution in [0.4, 0.5) is 0 Å². The van der Waals surface area contributed by atoms with E-state index in [2.05, 4.69) is 41.6 Å². The second-order valence-electron chi connectivity index (χ2n) is 8.88. The van der Waals surface area contributed by atoms with Crippen LogP contribution in [0, 0.1) is 5.41 Å². The van der Waals surface area contributed by atoms with Crippen LogP contribution < -0.4 is 0 Å². The second-order valence-corrected chi connectivity index (χ2v) is 9.32. The average molecular weight is 431 g/mol. The number of hydrogen-bond acceptors (Lipinski definition) is 4. The maximum Gasteiger partial charge on any atom is 0.230 e. The summed E-state index contributed by atoms with van der Waals surface area (Å²) in [5.41, 5.74) is 1.84. The van der Waals surface area contributed by atoms with Gasteiger partial charge in [0, 0.05) is 63.0 Å². The molecule has 162 valence electrons. The van der Waals surface area contributed by atoms with E-state index >= 15 is 0 Å². The monoisotopic (exact) mass is 430 g/mol. The molecule has 2 atom stereocenters. The van der Waals surface area contributed by atoms with Gasteiger partial charge in [0.2, 0.25) is 5.91 Å². The van der Waals surface area contributed by atoms with Gasteiger partial charge in [-0.25, -0.2) is 4.98 Å². The minimum Gasteiger partial charge on any atom is -0.383 e. The Bertz CT molecular complexity index is 882. The Morgan fingerprint density at radius 3 is 2.73 bits per heavy atom. The van der Waals surface area contributed by atoms with Crippen LogP contribution in [-0.2, 0) is 16.1 Å². The first kappa shape index (κ1) is 21.3. The summed E-state index contributed by atoms with van der Waals surface area (Å²) in [7, 11) is 1.68. The first-order valence-electron chi connectivity index (χ1n) is 10.7. The molecule has 2 aliphatic rings. The summed E-state index contributed by atoms with van der Waals surface area (Å²) in [6, 6.07) is 8.34. The second kappa shape index (κ2) is 8.69. The number of benzene rings is 1. The van der Waals surface area contributed by atoms with E-state index in [0.717, 1.165) is 43.3 Å². The molecule has 1 spiro atoms. The summed E-state index contributed by atoms with van der Waals surface area (Å²) in [6.07, 6.45) is 4.90. The Balaban J connectivity index is 1.60. The maximum absolute atomic E-state index is 13.6. The van der Waals surface area contributed by atoms with Crippen molar-refractivity contribution in [3.8, 4) is 0 Å². The van der Waals surface area contributed by atoms with Crippen molar-refractivity contribution in [2.75, 3.05) is 39.9 Å². The van der Waals surface area contributed by atoms with Crippen LogP contribution in [0.5, 0.6) is 0 Å². The highest BCUT2D eigenvalue weighted by molar-refractivity contribution is 6.30. The molecule has 2 aromatic rings. The summed E-state index contributed by atoms with van der Waals surface area (Å²) in [6.45, 7) is 8.72. The van der Waals surface area contributed by atoms with E-state index in [1.807, 2.05) is 23.4 Å². The number of carbonyl (C=O) groups excluding carboxylic acids is 1. The maximum atomic E-state index is 13.6. The number of halogens is 1. The highest BCUT2D eigenvalue weighted by Gasteiger charge is 2.57. The predicted molar refractivity (Wildman–Crippen MR) is 118 cm³/mol. The van der Waals surface area contributed by atoms with Crippen LogP contribution in [0.3, 0.4) is 0 Å². The van der Waals surface area contributed by atoms with Crippen molar-refractivity contribution in [1.29, 1.82) is 0 Å². The molecule has 7 heteroatoms. The summed E-state index contributed by atoms with van der Waals surface area (Å²) in [4.78, 5) is 22.7. The minimum absolute atomic E-state index is 0.102. The molecule has 0 unspecified atom stereocenters. The van der Waals surface area contributed by atoms with Gasteiger partial charge in [-0.2, -0.15) is 0 Å². The van der Waals surface area contributed by atoms with Gasteiger partial charge in [0.1, 0.15) is 0 Å². The normalized spacial score (nSPS) is 24.6. The number of rotatable bonds is 7. The van der Waals surface area contributed by atoms with Gasteiger partial charge in [-0.15, -0.1) is 0 Å². The van der Waals surface area contributed by atoms with Crippen molar-refractivity contribution in [3.05, 3.63) is 53.1 Å². The number of imidazole rings is 1. The summed E-state index contributed by atoms with van der Waals surface area (Å²) in [5.74, 6) is 0.354. The van der Waals surface area contributed by atoms with Gasteiger partial charge in [-0.3, -0.25) is 9.69 Å². The molecule has 0 N–H and O–H groups in total. The molecular formula is C23H31ClN4O2. The van der Waals surface area contributed by atoms with Crippen molar-refractivity contribution in [1.82, 2.24) is 19.4 Å². The highest BCUT2D eigenvalue weighted by Crippen LogP contribution is 2.49. The summed E-state index contributed by atoms with van der Waals surface area (Å²) in [5, 5.41) is 0.744. The largest absolute Gasteiger partial charge is 0.383 e. The zero-order chi connectivity index (χ0) is 21.3. The lowest BCUT2D eigenvalue weighted by Crippen LogP contribution is -2.40. The van der Waals surface area contributed by atoms with E-state index in [0.29, 0.717) is 19.2 Å². The number of carbonyl (C=O) groups is 1.